The van der Waals surface area contributed by atoms with E-state index in [0.717, 1.165) is 17.6 Å². The minimum absolute atomic E-state index is 1.08. The van der Waals surface area contributed by atoms with E-state index in [1.807, 2.05) is 25.2 Å². The Morgan fingerprint density at radius 3 is 2.41 bits per heavy atom. The van der Waals surface area contributed by atoms with E-state index in [2.05, 4.69) is 74.9 Å². The Kier molecular flexibility index (Phi) is 7.78. The normalized spacial score (nSPS) is 10.6. The van der Waals surface area contributed by atoms with Crippen LogP contribution in [0.2, 0.25) is 0 Å². The minimum atomic E-state index is 1.08. The molecule has 0 radical (unpaired) electrons. The van der Waals surface area contributed by atoms with Crippen molar-refractivity contribution in [1.29, 1.82) is 0 Å². The van der Waals surface area contributed by atoms with E-state index in [-0.39, 0.29) is 0 Å². The zero-order valence-electron chi connectivity index (χ0n) is 18.0. The maximum Gasteiger partial charge on any atom is 0.204 e. The van der Waals surface area contributed by atoms with Crippen LogP contribution < -0.4 is 14.8 Å². The van der Waals surface area contributed by atoms with Gasteiger partial charge in [-0.1, -0.05) is 33.6 Å². The second-order valence-corrected chi connectivity index (χ2v) is 8.14. The molecule has 146 valence electrons. The van der Waals surface area contributed by atoms with Crippen LogP contribution >= 0.6 is 11.3 Å². The first-order chi connectivity index (χ1) is 13.0. The molecule has 3 rings (SSSR count). The zero-order valence-corrected chi connectivity index (χ0v) is 18.8. The van der Waals surface area contributed by atoms with Gasteiger partial charge in [-0.2, -0.15) is 0 Å². The van der Waals surface area contributed by atoms with Crippen LogP contribution in [0.5, 0.6) is 0 Å². The number of fused-ring (bicyclic) bond motifs is 2. The van der Waals surface area contributed by atoms with Crippen LogP contribution in [0, 0.1) is 0 Å². The summed E-state index contributed by atoms with van der Waals surface area (Å²) < 4.78 is 3.47. The lowest BCUT2D eigenvalue weighted by Gasteiger charge is -2.14. The van der Waals surface area contributed by atoms with Gasteiger partial charge in [-0.25, -0.2) is 9.56 Å². The average Bonchev–Trinajstić information content (AvgIpc) is 2.67. The maximum atomic E-state index is 4.94. The predicted molar refractivity (Wildman–Crippen MR) is 122 cm³/mol. The molecule has 3 nitrogen and oxygen atoms in total. The molecule has 0 N–H and O–H groups in total. The van der Waals surface area contributed by atoms with Gasteiger partial charge in [0, 0.05) is 31.4 Å². The first-order valence-electron chi connectivity index (χ1n) is 10.0. The number of aryl methyl sites for hydroxylation is 1. The summed E-state index contributed by atoms with van der Waals surface area (Å²) in [5.74, 6) is 0. The van der Waals surface area contributed by atoms with Crippen LogP contribution in [0.3, 0.4) is 0 Å². The van der Waals surface area contributed by atoms with Gasteiger partial charge in [-0.05, 0) is 37.1 Å². The lowest BCUT2D eigenvalue weighted by molar-refractivity contribution is 0.703. The molecule has 0 unspecified atom stereocenters. The number of unbranched alkanes of at least 4 members (excludes halogenated alkanes) is 2. The minimum Gasteiger partial charge on any atom is -0.378 e. The molecule has 1 aliphatic heterocycles. The molecule has 1 aromatic carbocycles. The van der Waals surface area contributed by atoms with Crippen LogP contribution in [-0.4, -0.2) is 33.2 Å². The van der Waals surface area contributed by atoms with Crippen LogP contribution in [0.1, 0.15) is 45.6 Å². The monoisotopic (exact) mass is 384 g/mol. The number of aromatic nitrogens is 1. The van der Waals surface area contributed by atoms with Gasteiger partial charge in [0.25, 0.3) is 0 Å². The van der Waals surface area contributed by atoms with Crippen molar-refractivity contribution in [2.45, 2.75) is 46.5 Å². The summed E-state index contributed by atoms with van der Waals surface area (Å²) in [5.41, 5.74) is 4.83. The van der Waals surface area contributed by atoms with Crippen LogP contribution in [0.25, 0.3) is 20.8 Å². The lowest BCUT2D eigenvalue weighted by atomic mass is 10.0. The Labute approximate surface area is 168 Å². The molecule has 1 heterocycles. The summed E-state index contributed by atoms with van der Waals surface area (Å²) in [6.45, 7) is 6.25. The van der Waals surface area contributed by atoms with Crippen molar-refractivity contribution in [3.63, 3.8) is 0 Å². The van der Waals surface area contributed by atoms with Gasteiger partial charge in [0.1, 0.15) is 14.1 Å². The number of nitrogens with zero attached hydrogens (tertiary/aromatic N) is 3. The Bertz CT molecular complexity index is 921. The van der Waals surface area contributed by atoms with E-state index in [0.29, 0.717) is 0 Å². The molecule has 27 heavy (non-hydrogen) atoms. The topological polar surface area (TPSA) is 19.1 Å². The van der Waals surface area contributed by atoms with Gasteiger partial charge >= 0.3 is 0 Å². The van der Waals surface area contributed by atoms with Crippen molar-refractivity contribution in [3.8, 4) is 10.6 Å². The van der Waals surface area contributed by atoms with E-state index >= 15 is 0 Å². The van der Waals surface area contributed by atoms with Crippen LogP contribution in [0.15, 0.2) is 30.3 Å². The summed E-state index contributed by atoms with van der Waals surface area (Å²) in [5, 5.41) is 1.32. The molecule has 0 saturated heterocycles. The molecule has 1 aromatic rings. The van der Waals surface area contributed by atoms with E-state index in [1.54, 1.807) is 0 Å². The van der Waals surface area contributed by atoms with E-state index in [9.17, 15) is 0 Å². The van der Waals surface area contributed by atoms with Gasteiger partial charge < -0.3 is 4.90 Å². The van der Waals surface area contributed by atoms with Crippen LogP contribution in [-0.2, 0) is 6.42 Å². The lowest BCUT2D eigenvalue weighted by Crippen LogP contribution is -2.26. The maximum absolute atomic E-state index is 4.94. The Hall–Kier alpha value is -1.94. The standard InChI is InChI=1S/C21H28N3S.C2H6/c1-6-7-8-9-15-12-18-21(14-19(15)24(4)5)25-20-13-16(23(2)3)10-11-17(20)22-18;1-2/h10-14H,6-9H2,1-5H3;1-2H3/q+1;. The number of hydrogen-bond acceptors (Lipinski definition) is 3. The fourth-order valence-electron chi connectivity index (χ4n) is 3.16. The molecule has 0 atom stereocenters. The van der Waals surface area contributed by atoms with Crippen molar-refractivity contribution in [1.82, 2.24) is 9.56 Å². The quantitative estimate of drug-likeness (QED) is 0.340. The largest absolute Gasteiger partial charge is 0.378 e. The molecule has 2 aliphatic rings. The Morgan fingerprint density at radius 2 is 1.78 bits per heavy atom. The van der Waals surface area contributed by atoms with Gasteiger partial charge in [0.05, 0.1) is 20.8 Å². The van der Waals surface area contributed by atoms with Gasteiger partial charge in [0.2, 0.25) is 5.36 Å². The number of anilines is 1. The van der Waals surface area contributed by atoms with Crippen molar-refractivity contribution < 1.29 is 0 Å². The first-order valence-corrected chi connectivity index (χ1v) is 10.9. The van der Waals surface area contributed by atoms with Crippen molar-refractivity contribution >= 4 is 27.2 Å². The SMILES string of the molecule is CC.CCCCCc1cc2nc3ccc(N(C)C)cc3sc-2cc1=[N+](C)C. The molecule has 0 amide bonds. The first kappa shape index (κ1) is 21.4. The number of hydrogen-bond donors (Lipinski definition) is 0. The molecule has 1 aliphatic carbocycles. The molecular weight excluding hydrogens is 350 g/mol. The third-order valence-corrected chi connectivity index (χ3v) is 5.71. The molecule has 4 heteroatoms. The number of rotatable bonds is 5. The van der Waals surface area contributed by atoms with Crippen LogP contribution in [0.4, 0.5) is 5.69 Å². The molecule has 0 fully saturated rings. The van der Waals surface area contributed by atoms with E-state index in [4.69, 9.17) is 4.98 Å². The fourth-order valence-corrected chi connectivity index (χ4v) is 4.17. The molecular formula is C23H34N3S+. The van der Waals surface area contributed by atoms with Crippen molar-refractivity contribution in [2.24, 2.45) is 0 Å². The number of benzene rings is 2. The van der Waals surface area contributed by atoms with Gasteiger partial charge in [0.15, 0.2) is 0 Å². The molecule has 0 spiro atoms. The Balaban J connectivity index is 0.00000126. The van der Waals surface area contributed by atoms with Gasteiger partial charge in [-0.3, -0.25) is 0 Å². The average molecular weight is 385 g/mol. The van der Waals surface area contributed by atoms with Gasteiger partial charge in [-0.15, -0.1) is 11.3 Å². The molecule has 0 bridgehead atoms. The van der Waals surface area contributed by atoms with E-state index < -0.39 is 0 Å². The molecule has 0 saturated carbocycles. The Morgan fingerprint density at radius 1 is 1.04 bits per heavy atom. The highest BCUT2D eigenvalue weighted by Gasteiger charge is 2.14. The fraction of sp³-hybridized carbons (Fsp3) is 0.478. The predicted octanol–water partition coefficient (Wildman–Crippen LogP) is 5.26. The third kappa shape index (κ3) is 5.07. The highest BCUT2D eigenvalue weighted by Crippen LogP contribution is 2.32. The highest BCUT2D eigenvalue weighted by atomic mass is 32.1. The second kappa shape index (κ2) is 9.84. The summed E-state index contributed by atoms with van der Waals surface area (Å²) in [4.78, 5) is 8.33. The van der Waals surface area contributed by atoms with Crippen molar-refractivity contribution in [3.05, 3.63) is 41.3 Å². The van der Waals surface area contributed by atoms with E-state index in [1.165, 1.54) is 45.4 Å². The summed E-state index contributed by atoms with van der Waals surface area (Å²) >= 11 is 1.84. The summed E-state index contributed by atoms with van der Waals surface area (Å²) in [6.07, 6.45) is 4.91. The summed E-state index contributed by atoms with van der Waals surface area (Å²) in [7, 11) is 8.42. The smallest absolute Gasteiger partial charge is 0.204 e. The van der Waals surface area contributed by atoms with Crippen molar-refractivity contribution in [2.75, 3.05) is 33.1 Å². The molecule has 0 aromatic heterocycles. The highest BCUT2D eigenvalue weighted by molar-refractivity contribution is 7.21. The summed E-state index contributed by atoms with van der Waals surface area (Å²) in [6, 6.07) is 11.1. The second-order valence-electron chi connectivity index (χ2n) is 7.06. The third-order valence-electron chi connectivity index (χ3n) is 4.61. The zero-order chi connectivity index (χ0) is 20.0.